The van der Waals surface area contributed by atoms with Gasteiger partial charge in [-0.3, -0.25) is 9.78 Å². The average Bonchev–Trinajstić information content (AvgIpc) is 2.37. The number of pyridine rings is 1. The number of aliphatic hydroxyl groups excluding tert-OH is 2. The van der Waals surface area contributed by atoms with Crippen LogP contribution in [0.5, 0.6) is 0 Å². The normalized spacial score (nSPS) is 13.8. The first-order chi connectivity index (χ1) is 8.93. The molecule has 1 rings (SSSR count). The Morgan fingerprint density at radius 3 is 2.68 bits per heavy atom. The first-order valence-electron chi connectivity index (χ1n) is 5.60. The molecule has 2 unspecified atom stereocenters. The minimum absolute atomic E-state index is 0.0651. The second kappa shape index (κ2) is 7.22. The van der Waals surface area contributed by atoms with Crippen molar-refractivity contribution in [3.63, 3.8) is 0 Å². The van der Waals surface area contributed by atoms with Gasteiger partial charge in [0.15, 0.2) is 5.12 Å². The Labute approximate surface area is 114 Å². The van der Waals surface area contributed by atoms with Crippen molar-refractivity contribution < 1.29 is 24.9 Å². The van der Waals surface area contributed by atoms with Crippen LogP contribution < -0.4 is 0 Å². The van der Waals surface area contributed by atoms with E-state index in [9.17, 15) is 19.8 Å². The number of carbonyl (C=O) groups is 2. The van der Waals surface area contributed by atoms with Crippen LogP contribution in [0.15, 0.2) is 18.5 Å². The zero-order valence-electron chi connectivity index (χ0n) is 10.3. The smallest absolute Gasteiger partial charge is 0.336 e. The molecule has 0 radical (unpaired) electrons. The van der Waals surface area contributed by atoms with Crippen LogP contribution in [0.1, 0.15) is 35.4 Å². The van der Waals surface area contributed by atoms with Crippen LogP contribution >= 0.6 is 11.8 Å². The van der Waals surface area contributed by atoms with E-state index in [0.29, 0.717) is 5.75 Å². The fourth-order valence-corrected chi connectivity index (χ4v) is 2.17. The predicted octanol–water partition coefficient (Wildman–Crippen LogP) is 0.844. The van der Waals surface area contributed by atoms with Crippen LogP contribution in [0, 0.1) is 0 Å². The highest BCUT2D eigenvalue weighted by atomic mass is 32.2. The molecule has 0 aliphatic heterocycles. The zero-order chi connectivity index (χ0) is 14.4. The van der Waals surface area contributed by atoms with E-state index in [1.165, 1.54) is 25.4 Å². The van der Waals surface area contributed by atoms with Gasteiger partial charge in [0.25, 0.3) is 0 Å². The summed E-state index contributed by atoms with van der Waals surface area (Å²) in [5.41, 5.74) is -0.0314. The van der Waals surface area contributed by atoms with Crippen molar-refractivity contribution >= 4 is 22.8 Å². The van der Waals surface area contributed by atoms with E-state index >= 15 is 0 Å². The van der Waals surface area contributed by atoms with E-state index in [1.54, 1.807) is 0 Å². The number of hydrogen-bond acceptors (Lipinski definition) is 6. The molecule has 0 saturated heterocycles. The number of aliphatic hydroxyl groups is 2. The second-order valence-electron chi connectivity index (χ2n) is 3.91. The maximum Gasteiger partial charge on any atom is 0.336 e. The molecule has 0 fully saturated rings. The number of hydrogen-bond donors (Lipinski definition) is 3. The number of carbonyl (C=O) groups excluding carboxylic acids is 1. The van der Waals surface area contributed by atoms with Crippen molar-refractivity contribution in [1.82, 2.24) is 4.98 Å². The molecule has 3 N–H and O–H groups in total. The Morgan fingerprint density at radius 1 is 1.42 bits per heavy atom. The lowest BCUT2D eigenvalue weighted by molar-refractivity contribution is -0.109. The molecule has 6 nitrogen and oxygen atoms in total. The van der Waals surface area contributed by atoms with Gasteiger partial charge in [0.2, 0.25) is 0 Å². The van der Waals surface area contributed by atoms with Crippen LogP contribution in [-0.2, 0) is 4.79 Å². The van der Waals surface area contributed by atoms with Crippen molar-refractivity contribution in [2.75, 3.05) is 5.75 Å². The SMILES string of the molecule is CC(=O)SCCC(O)C(O)c1cnccc1C(=O)O. The molecule has 0 saturated carbocycles. The first kappa shape index (κ1) is 15.6. The van der Waals surface area contributed by atoms with Crippen molar-refractivity contribution in [3.05, 3.63) is 29.6 Å². The monoisotopic (exact) mass is 285 g/mol. The minimum Gasteiger partial charge on any atom is -0.478 e. The molecule has 0 spiro atoms. The molecule has 1 aromatic heterocycles. The van der Waals surface area contributed by atoms with E-state index in [2.05, 4.69) is 4.98 Å². The van der Waals surface area contributed by atoms with Gasteiger partial charge in [0.1, 0.15) is 6.10 Å². The predicted molar refractivity (Wildman–Crippen MR) is 69.9 cm³/mol. The van der Waals surface area contributed by atoms with E-state index in [4.69, 9.17) is 5.11 Å². The molecule has 2 atom stereocenters. The van der Waals surface area contributed by atoms with E-state index in [0.717, 1.165) is 11.8 Å². The van der Waals surface area contributed by atoms with Crippen molar-refractivity contribution in [3.8, 4) is 0 Å². The number of rotatable bonds is 6. The molecule has 7 heteroatoms. The fourth-order valence-electron chi connectivity index (χ4n) is 1.53. The fraction of sp³-hybridized carbons (Fsp3) is 0.417. The van der Waals surface area contributed by atoms with E-state index < -0.39 is 18.2 Å². The zero-order valence-corrected chi connectivity index (χ0v) is 11.1. The third-order valence-electron chi connectivity index (χ3n) is 2.48. The third-order valence-corrected chi connectivity index (χ3v) is 3.33. The van der Waals surface area contributed by atoms with Gasteiger partial charge < -0.3 is 15.3 Å². The third kappa shape index (κ3) is 4.62. The molecule has 19 heavy (non-hydrogen) atoms. The topological polar surface area (TPSA) is 108 Å². The van der Waals surface area contributed by atoms with Crippen molar-refractivity contribution in [2.45, 2.75) is 25.6 Å². The van der Waals surface area contributed by atoms with Gasteiger partial charge in [-0.25, -0.2) is 4.79 Å². The highest BCUT2D eigenvalue weighted by Gasteiger charge is 2.23. The summed E-state index contributed by atoms with van der Waals surface area (Å²) in [4.78, 5) is 25.5. The maximum absolute atomic E-state index is 11.0. The van der Waals surface area contributed by atoms with Crippen LogP contribution in [0.3, 0.4) is 0 Å². The van der Waals surface area contributed by atoms with Crippen LogP contribution in [0.4, 0.5) is 0 Å². The summed E-state index contributed by atoms with van der Waals surface area (Å²) in [6.07, 6.45) is 0.216. The second-order valence-corrected chi connectivity index (χ2v) is 5.18. The Bertz CT molecular complexity index is 465. The number of nitrogens with zero attached hydrogens (tertiary/aromatic N) is 1. The van der Waals surface area contributed by atoms with Crippen LogP contribution in [0.2, 0.25) is 0 Å². The Hall–Kier alpha value is -1.44. The number of carboxylic acids is 1. The lowest BCUT2D eigenvalue weighted by Crippen LogP contribution is -2.21. The van der Waals surface area contributed by atoms with Crippen LogP contribution in [0.25, 0.3) is 0 Å². The largest absolute Gasteiger partial charge is 0.478 e. The highest BCUT2D eigenvalue weighted by Crippen LogP contribution is 2.23. The molecular formula is C12H15NO5S. The minimum atomic E-state index is -1.34. The summed E-state index contributed by atoms with van der Waals surface area (Å²) >= 11 is 1.04. The van der Waals surface area contributed by atoms with Gasteiger partial charge in [0.05, 0.1) is 11.7 Å². The van der Waals surface area contributed by atoms with Gasteiger partial charge in [0, 0.05) is 30.6 Å². The summed E-state index contributed by atoms with van der Waals surface area (Å²) in [5.74, 6) is -0.835. The lowest BCUT2D eigenvalue weighted by Gasteiger charge is -2.18. The maximum atomic E-state index is 11.0. The van der Waals surface area contributed by atoms with E-state index in [1.807, 2.05) is 0 Å². The molecule has 0 amide bonds. The van der Waals surface area contributed by atoms with E-state index in [-0.39, 0.29) is 22.7 Å². The number of carboxylic acid groups (broad SMARTS) is 1. The number of aromatic carboxylic acids is 1. The first-order valence-corrected chi connectivity index (χ1v) is 6.58. The van der Waals surface area contributed by atoms with Crippen LogP contribution in [-0.4, -0.2) is 43.2 Å². The standard InChI is InChI=1S/C12H15NO5S/c1-7(14)19-5-3-10(15)11(16)9-6-13-4-2-8(9)12(17)18/h2,4,6,10-11,15-16H,3,5H2,1H3,(H,17,18). The summed E-state index contributed by atoms with van der Waals surface area (Å²) < 4.78 is 0. The molecule has 0 aliphatic rings. The lowest BCUT2D eigenvalue weighted by atomic mass is 10.00. The summed E-state index contributed by atoms with van der Waals surface area (Å²) in [6.45, 7) is 1.41. The van der Waals surface area contributed by atoms with Crippen molar-refractivity contribution in [1.29, 1.82) is 0 Å². The summed E-state index contributed by atoms with van der Waals surface area (Å²) in [7, 11) is 0. The molecule has 0 aliphatic carbocycles. The van der Waals surface area contributed by atoms with Crippen molar-refractivity contribution in [2.24, 2.45) is 0 Å². The van der Waals surface area contributed by atoms with Gasteiger partial charge in [-0.15, -0.1) is 0 Å². The Morgan fingerprint density at radius 2 is 2.11 bits per heavy atom. The highest BCUT2D eigenvalue weighted by molar-refractivity contribution is 8.13. The van der Waals surface area contributed by atoms with Gasteiger partial charge in [-0.1, -0.05) is 11.8 Å². The Balaban J connectivity index is 2.73. The summed E-state index contributed by atoms with van der Waals surface area (Å²) in [6, 6.07) is 1.26. The molecule has 1 aromatic rings. The van der Waals surface area contributed by atoms with Gasteiger partial charge >= 0.3 is 5.97 Å². The van der Waals surface area contributed by atoms with Gasteiger partial charge in [-0.2, -0.15) is 0 Å². The summed E-state index contributed by atoms with van der Waals surface area (Å²) in [5, 5.41) is 28.6. The number of thioether (sulfide) groups is 1. The molecule has 1 heterocycles. The molecule has 0 aromatic carbocycles. The molecular weight excluding hydrogens is 270 g/mol. The Kier molecular flexibility index (Phi) is 5.94. The quantitative estimate of drug-likeness (QED) is 0.711. The number of aromatic nitrogens is 1. The average molecular weight is 285 g/mol. The van der Waals surface area contributed by atoms with Gasteiger partial charge in [-0.05, 0) is 12.5 Å². The molecule has 104 valence electrons. The molecule has 0 bridgehead atoms.